The van der Waals surface area contributed by atoms with E-state index in [9.17, 15) is 83.8 Å². The molecule has 0 aromatic carbocycles. The van der Waals surface area contributed by atoms with Crippen LogP contribution in [-0.4, -0.2) is 131 Å². The summed E-state index contributed by atoms with van der Waals surface area (Å²) in [6.07, 6.45) is -67.1. The summed E-state index contributed by atoms with van der Waals surface area (Å²) >= 11 is 0. The molecule has 0 radical (unpaired) electrons. The maximum Gasteiger partial charge on any atom is 0.469 e. The maximum absolute atomic E-state index is 15.1. The van der Waals surface area contributed by atoms with Crippen LogP contribution in [0.5, 0.6) is 0 Å². The van der Waals surface area contributed by atoms with Crippen LogP contribution >= 0.6 is 0 Å². The molecule has 7 nitrogen and oxygen atoms in total. The second-order valence-electron chi connectivity index (χ2n) is 17.8. The molecule has 0 aliphatic carbocycles. The van der Waals surface area contributed by atoms with Crippen LogP contribution in [-0.2, 0) is 31.4 Å². The average Bonchev–Trinajstić information content (AvgIpc) is 3.16. The number of carbonyl (C=O) groups is 1. The van der Waals surface area contributed by atoms with Crippen LogP contribution in [0.15, 0.2) is 12.2 Å². The second kappa shape index (κ2) is 25.7. The highest BCUT2D eigenvalue weighted by molar-refractivity contribution is 6.91. The van der Waals surface area contributed by atoms with Crippen LogP contribution in [0.3, 0.4) is 0 Å². The Kier molecular flexibility index (Phi) is 25.1. The van der Waals surface area contributed by atoms with Gasteiger partial charge in [0.05, 0.1) is 38.0 Å². The molecule has 0 bridgehead atoms. The van der Waals surface area contributed by atoms with Gasteiger partial charge in [0.2, 0.25) is 25.0 Å². The van der Waals surface area contributed by atoms with Crippen LogP contribution in [0, 0.1) is 0 Å². The molecule has 6 atom stereocenters. The summed E-state index contributed by atoms with van der Waals surface area (Å²) in [7, 11) is -20.1. The highest BCUT2D eigenvalue weighted by atomic mass is 28.5. The van der Waals surface area contributed by atoms with Crippen molar-refractivity contribution in [2.45, 2.75) is 196 Å². The van der Waals surface area contributed by atoms with Gasteiger partial charge in [0, 0.05) is 12.5 Å². The van der Waals surface area contributed by atoms with Crippen molar-refractivity contribution >= 4 is 39.5 Å². The number of hydrogen-bond donors (Lipinski definition) is 0. The van der Waals surface area contributed by atoms with E-state index in [0.29, 0.717) is 0 Å². The number of ether oxygens (including phenoxy) is 3. The van der Waals surface area contributed by atoms with Gasteiger partial charge in [0.1, 0.15) is 0 Å². The van der Waals surface area contributed by atoms with E-state index in [-0.39, 0.29) is 24.8 Å². The fraction of sp³-hybridized carbons (Fsp3) is 0.919. The first kappa shape index (κ1) is 70.4. The molecule has 0 N–H and O–H groups in total. The molecule has 6 unspecified atom stereocenters. The predicted octanol–water partition coefficient (Wildman–Crippen LogP) is 15.1. The Hall–Kier alpha value is -1.64. The van der Waals surface area contributed by atoms with E-state index in [2.05, 4.69) is 20.8 Å². The van der Waals surface area contributed by atoms with E-state index >= 15 is 26.3 Å². The number of halogens is 24. The van der Waals surface area contributed by atoms with Crippen molar-refractivity contribution in [2.75, 3.05) is 18.7 Å². The van der Waals surface area contributed by atoms with Gasteiger partial charge in [-0.1, -0.05) is 46.6 Å². The lowest BCUT2D eigenvalue weighted by molar-refractivity contribution is -0.362. The van der Waals surface area contributed by atoms with Crippen molar-refractivity contribution in [3.8, 4) is 0 Å². The minimum absolute atomic E-state index is 0.180. The third-order valence-corrected chi connectivity index (χ3v) is 27.7. The Bertz CT molecular complexity index is 1540. The molecule has 35 heteroatoms. The zero-order valence-electron chi connectivity index (χ0n) is 39.5. The molecule has 0 spiro atoms. The van der Waals surface area contributed by atoms with E-state index in [4.69, 9.17) is 12.3 Å². The van der Waals surface area contributed by atoms with Gasteiger partial charge in [0.15, 0.2) is 24.3 Å². The maximum atomic E-state index is 15.1. The first-order valence-corrected chi connectivity index (χ1v) is 31.9. The Labute approximate surface area is 402 Å². The molecular weight excluding hydrogens is 1120 g/mol. The Morgan fingerprint density at radius 1 is 0.458 bits per heavy atom. The predicted molar refractivity (Wildman–Crippen MR) is 217 cm³/mol. The van der Waals surface area contributed by atoms with E-state index in [1.807, 2.05) is 0 Å². The quantitative estimate of drug-likeness (QED) is 0.0356. The van der Waals surface area contributed by atoms with Gasteiger partial charge in [-0.15, -0.1) is 0 Å². The Morgan fingerprint density at radius 3 is 0.889 bits per heavy atom. The largest absolute Gasteiger partial charge is 0.469 e. The van der Waals surface area contributed by atoms with Crippen molar-refractivity contribution in [1.82, 2.24) is 0 Å². The summed E-state index contributed by atoms with van der Waals surface area (Å²) in [5.74, 6) is -19.6. The number of alkyl halides is 24. The summed E-state index contributed by atoms with van der Waals surface area (Å²) in [5, 5.41) is 0. The zero-order chi connectivity index (χ0) is 57.2. The third kappa shape index (κ3) is 21.4. The smallest absolute Gasteiger partial charge is 0.414 e. The molecule has 72 heavy (non-hydrogen) atoms. The molecule has 430 valence electrons. The van der Waals surface area contributed by atoms with E-state index in [1.165, 1.54) is 20.8 Å². The van der Waals surface area contributed by atoms with Gasteiger partial charge in [-0.2, -0.15) is 92.2 Å². The molecule has 0 heterocycles. The fourth-order valence-electron chi connectivity index (χ4n) is 6.62. The minimum Gasteiger partial charge on any atom is -0.414 e. The lowest BCUT2D eigenvalue weighted by atomic mass is 10.1. The fourth-order valence-corrected chi connectivity index (χ4v) is 26.1. The van der Waals surface area contributed by atoms with Crippen molar-refractivity contribution in [3.05, 3.63) is 12.2 Å². The minimum atomic E-state index is -6.28. The summed E-state index contributed by atoms with van der Waals surface area (Å²) in [4.78, 5) is 12.7. The van der Waals surface area contributed by atoms with Gasteiger partial charge >= 0.3 is 63.4 Å². The first-order valence-electron chi connectivity index (χ1n) is 21.5. The molecule has 0 amide bonds. The van der Waals surface area contributed by atoms with E-state index in [1.54, 1.807) is 0 Å². The van der Waals surface area contributed by atoms with Crippen LogP contribution in [0.2, 0.25) is 43.8 Å². The Morgan fingerprint density at radius 2 is 0.694 bits per heavy atom. The van der Waals surface area contributed by atoms with Crippen LogP contribution in [0.25, 0.3) is 0 Å². The van der Waals surface area contributed by atoms with Gasteiger partial charge in [-0.3, -0.25) is 4.79 Å². The van der Waals surface area contributed by atoms with E-state index < -0.39 is 188 Å². The average molecular weight is 1180 g/mol. The molecule has 0 aliphatic heterocycles. The van der Waals surface area contributed by atoms with Crippen molar-refractivity contribution in [2.24, 2.45) is 0 Å². The SMILES string of the molecule is C=C(C)C(=O)CCC[Si](O[Si](C)(CCC)COC(F)(F)C(F)(F)C(F)CC(F)(F)F)(O[Si](C)(CCC)COC(F)(F)C(F)(F)C(F)CC(F)(F)F)O[Si](C)(CCC)COC(F)(F)C(F)(F)C(F)CC(F)(F)F. The zero-order valence-corrected chi connectivity index (χ0v) is 43.5. The molecule has 0 saturated heterocycles. The number of allylic oxidation sites excluding steroid dienone is 1. The molecule has 0 aliphatic rings. The molecule has 0 aromatic rings. The molecule has 0 rings (SSSR count). The lowest BCUT2D eigenvalue weighted by Gasteiger charge is -2.47. The standard InChI is InChI=1S/C37H56F24O7Si4/c1-9-14-69(6,21-63-35(56,57)32(50,51)26(38)18-29(41,42)43)66-72(17-12-13-25(62)24(4)5,67-70(7,15-10-2)22-64-36(58,59)33(52,53)27(39)19-30(44,45)46)68-71(8,16-11-3)23-65-37(60,61)34(54,55)28(40)20-31(47,48)49/h26-28H,4,9-23H2,1-3,5-8H3. The highest BCUT2D eigenvalue weighted by Gasteiger charge is 2.69. The van der Waals surface area contributed by atoms with Crippen LogP contribution in [0.4, 0.5) is 105 Å². The molecule has 0 saturated carbocycles. The van der Waals surface area contributed by atoms with Gasteiger partial charge in [0.25, 0.3) is 0 Å². The third-order valence-electron chi connectivity index (χ3n) is 10.2. The monoisotopic (exact) mass is 1180 g/mol. The molecular formula is C37H56F24O7Si4. The molecule has 0 aromatic heterocycles. The normalized spacial score (nSPS) is 18.9. The number of Topliss-reactive ketones (excluding diaryl/α,β-unsaturated/α-hetero) is 1. The topological polar surface area (TPSA) is 72.5 Å². The van der Waals surface area contributed by atoms with Gasteiger partial charge in [-0.05, 0) is 56.7 Å². The number of rotatable bonds is 35. The summed E-state index contributed by atoms with van der Waals surface area (Å²) < 4.78 is 367. The molecule has 0 fully saturated rings. The summed E-state index contributed by atoms with van der Waals surface area (Å²) in [5.41, 5.74) is -0.180. The highest BCUT2D eigenvalue weighted by Crippen LogP contribution is 2.47. The van der Waals surface area contributed by atoms with Crippen LogP contribution in [0.1, 0.15) is 79.1 Å². The van der Waals surface area contributed by atoms with Crippen molar-refractivity contribution in [3.63, 3.8) is 0 Å². The van der Waals surface area contributed by atoms with Crippen molar-refractivity contribution < 1.29 is 137 Å². The first-order chi connectivity index (χ1) is 31.9. The van der Waals surface area contributed by atoms with Gasteiger partial charge < -0.3 is 26.6 Å². The van der Waals surface area contributed by atoms with Crippen LogP contribution < -0.4 is 0 Å². The second-order valence-corrected chi connectivity index (χ2v) is 33.2. The van der Waals surface area contributed by atoms with E-state index in [0.717, 1.165) is 26.6 Å². The number of carbonyl (C=O) groups excluding carboxylic acids is 1. The number of ketones is 1. The lowest BCUT2D eigenvalue weighted by Crippen LogP contribution is -2.67. The number of hydrogen-bond acceptors (Lipinski definition) is 7. The summed E-state index contributed by atoms with van der Waals surface area (Å²) in [6, 6.07) is -2.99. The van der Waals surface area contributed by atoms with Crippen molar-refractivity contribution in [1.29, 1.82) is 0 Å². The van der Waals surface area contributed by atoms with Gasteiger partial charge in [-0.25, -0.2) is 13.2 Å². The summed E-state index contributed by atoms with van der Waals surface area (Å²) in [6.45, 7) is 10.7. The Balaban J connectivity index is 8.27.